The van der Waals surface area contributed by atoms with Crippen molar-refractivity contribution in [1.82, 2.24) is 20.4 Å². The number of aromatic nitrogens is 2. The topological polar surface area (TPSA) is 95.0 Å². The normalized spacial score (nSPS) is 21.6. The van der Waals surface area contributed by atoms with Crippen LogP contribution in [0.4, 0.5) is 0 Å². The number of hydrogen-bond acceptors (Lipinski definition) is 6. The number of nitriles is 1. The summed E-state index contributed by atoms with van der Waals surface area (Å²) in [5.74, 6) is 0.426. The Morgan fingerprint density at radius 1 is 1.46 bits per heavy atom. The number of carbonyl (C=O) groups excluding carboxylic acids is 1. The first-order valence-electron chi connectivity index (χ1n) is 8.78. The van der Waals surface area contributed by atoms with Crippen molar-refractivity contribution in [3.05, 3.63) is 11.7 Å². The first-order chi connectivity index (χ1) is 11.5. The summed E-state index contributed by atoms with van der Waals surface area (Å²) < 4.78 is 5.35. The Morgan fingerprint density at radius 3 is 2.96 bits per heavy atom. The van der Waals surface area contributed by atoms with E-state index in [1.807, 2.05) is 13.8 Å². The molecule has 2 heterocycles. The highest BCUT2D eigenvalue weighted by molar-refractivity contribution is 5.90. The maximum Gasteiger partial charge on any atom is 0.292 e. The summed E-state index contributed by atoms with van der Waals surface area (Å²) >= 11 is 0. The SMILES string of the molecule is CC(C)(C#N)CCCN1CCCC1c1nc(C(=O)NC2CC2)no1. The molecule has 2 fully saturated rings. The molecule has 0 spiro atoms. The lowest BCUT2D eigenvalue weighted by Crippen LogP contribution is -2.27. The van der Waals surface area contributed by atoms with Crippen molar-refractivity contribution in [1.29, 1.82) is 5.26 Å². The minimum Gasteiger partial charge on any atom is -0.346 e. The maximum atomic E-state index is 12.0. The van der Waals surface area contributed by atoms with Gasteiger partial charge >= 0.3 is 0 Å². The second kappa shape index (κ2) is 6.89. The molecule has 130 valence electrons. The van der Waals surface area contributed by atoms with Crippen LogP contribution >= 0.6 is 0 Å². The molecule has 0 aromatic carbocycles. The zero-order valence-electron chi connectivity index (χ0n) is 14.4. The van der Waals surface area contributed by atoms with Crippen LogP contribution in [0.25, 0.3) is 0 Å². The summed E-state index contributed by atoms with van der Waals surface area (Å²) in [6.45, 7) is 5.83. The molecule has 2 aliphatic rings. The predicted molar refractivity (Wildman–Crippen MR) is 87.0 cm³/mol. The average Bonchev–Trinajstić information content (AvgIpc) is 3.04. The summed E-state index contributed by atoms with van der Waals surface area (Å²) in [6, 6.07) is 2.71. The van der Waals surface area contributed by atoms with Crippen molar-refractivity contribution < 1.29 is 9.32 Å². The highest BCUT2D eigenvalue weighted by atomic mass is 16.5. The highest BCUT2D eigenvalue weighted by Crippen LogP contribution is 2.32. The zero-order valence-corrected chi connectivity index (χ0v) is 14.4. The molecule has 7 heteroatoms. The number of hydrogen-bond donors (Lipinski definition) is 1. The Labute approximate surface area is 142 Å². The van der Waals surface area contributed by atoms with Crippen LogP contribution < -0.4 is 5.32 Å². The predicted octanol–water partition coefficient (Wildman–Crippen LogP) is 2.43. The summed E-state index contributed by atoms with van der Waals surface area (Å²) in [5.41, 5.74) is -0.284. The van der Waals surface area contributed by atoms with Crippen LogP contribution in [0.15, 0.2) is 4.52 Å². The molecule has 1 N–H and O–H groups in total. The van der Waals surface area contributed by atoms with Gasteiger partial charge in [-0.3, -0.25) is 9.69 Å². The molecule has 24 heavy (non-hydrogen) atoms. The van der Waals surface area contributed by atoms with Gasteiger partial charge in [-0.1, -0.05) is 5.16 Å². The minimum atomic E-state index is -0.284. The van der Waals surface area contributed by atoms with Crippen molar-refractivity contribution in [3.8, 4) is 6.07 Å². The Morgan fingerprint density at radius 2 is 2.25 bits per heavy atom. The third-order valence-corrected chi connectivity index (χ3v) is 4.76. The third kappa shape index (κ3) is 4.12. The Bertz CT molecular complexity index is 629. The fraction of sp³-hybridized carbons (Fsp3) is 0.765. The third-order valence-electron chi connectivity index (χ3n) is 4.76. The van der Waals surface area contributed by atoms with Gasteiger partial charge in [0.05, 0.1) is 17.5 Å². The van der Waals surface area contributed by atoms with E-state index in [0.29, 0.717) is 5.89 Å². The van der Waals surface area contributed by atoms with Gasteiger partial charge in [-0.05, 0) is 65.5 Å². The minimum absolute atomic E-state index is 0.0881. The van der Waals surface area contributed by atoms with Gasteiger partial charge in [-0.15, -0.1) is 0 Å². The van der Waals surface area contributed by atoms with E-state index >= 15 is 0 Å². The van der Waals surface area contributed by atoms with Gasteiger partial charge in [-0.25, -0.2) is 0 Å². The van der Waals surface area contributed by atoms with E-state index < -0.39 is 0 Å². The first-order valence-corrected chi connectivity index (χ1v) is 8.78. The first kappa shape index (κ1) is 16.9. The van der Waals surface area contributed by atoms with Crippen LogP contribution in [0.2, 0.25) is 0 Å². The van der Waals surface area contributed by atoms with Crippen LogP contribution in [0.1, 0.15) is 74.9 Å². The highest BCUT2D eigenvalue weighted by Gasteiger charge is 2.32. The molecular weight excluding hydrogens is 306 g/mol. The van der Waals surface area contributed by atoms with Gasteiger partial charge in [0, 0.05) is 6.04 Å². The van der Waals surface area contributed by atoms with Crippen LogP contribution in [-0.2, 0) is 0 Å². The number of amides is 1. The molecule has 1 atom stereocenters. The van der Waals surface area contributed by atoms with E-state index in [9.17, 15) is 4.79 Å². The number of rotatable bonds is 7. The lowest BCUT2D eigenvalue weighted by molar-refractivity contribution is 0.0937. The molecule has 1 aliphatic carbocycles. The number of nitrogens with one attached hydrogen (secondary N) is 1. The Kier molecular flexibility index (Phi) is 4.86. The lowest BCUT2D eigenvalue weighted by Gasteiger charge is -2.23. The van der Waals surface area contributed by atoms with Crippen molar-refractivity contribution >= 4 is 5.91 Å². The monoisotopic (exact) mass is 331 g/mol. The van der Waals surface area contributed by atoms with Crippen LogP contribution in [0.5, 0.6) is 0 Å². The summed E-state index contributed by atoms with van der Waals surface area (Å²) in [5, 5.41) is 15.8. The number of nitrogens with zero attached hydrogens (tertiary/aromatic N) is 4. The van der Waals surface area contributed by atoms with Crippen LogP contribution in [-0.4, -0.2) is 40.1 Å². The summed E-state index contributed by atoms with van der Waals surface area (Å²) in [6.07, 6.45) is 5.94. The van der Waals surface area contributed by atoms with Crippen molar-refractivity contribution in [3.63, 3.8) is 0 Å². The van der Waals surface area contributed by atoms with Gasteiger partial charge in [-0.2, -0.15) is 10.2 Å². The quantitative estimate of drug-likeness (QED) is 0.824. The maximum absolute atomic E-state index is 12.0. The lowest BCUT2D eigenvalue weighted by atomic mass is 9.90. The molecule has 1 aliphatic heterocycles. The fourth-order valence-corrected chi connectivity index (χ4v) is 3.09. The second-order valence-electron chi connectivity index (χ2n) is 7.50. The Balaban J connectivity index is 1.56. The van der Waals surface area contributed by atoms with E-state index in [2.05, 4.69) is 26.4 Å². The molecule has 1 aromatic heterocycles. The molecule has 0 radical (unpaired) electrons. The Hall–Kier alpha value is -1.94. The van der Waals surface area contributed by atoms with Gasteiger partial charge in [0.25, 0.3) is 11.7 Å². The summed E-state index contributed by atoms with van der Waals surface area (Å²) in [7, 11) is 0. The molecule has 3 rings (SSSR count). The molecule has 1 saturated heterocycles. The standard InChI is InChI=1S/C17H25N5O2/c1-17(2,11-18)8-4-10-22-9-3-5-13(22)16-20-14(21-24-16)15(23)19-12-6-7-12/h12-13H,3-10H2,1-2H3,(H,19,23). The van der Waals surface area contributed by atoms with Gasteiger partial charge in [0.15, 0.2) is 0 Å². The van der Waals surface area contributed by atoms with Gasteiger partial charge < -0.3 is 9.84 Å². The van der Waals surface area contributed by atoms with E-state index in [1.54, 1.807) is 0 Å². The van der Waals surface area contributed by atoms with E-state index in [1.165, 1.54) is 0 Å². The van der Waals surface area contributed by atoms with E-state index in [4.69, 9.17) is 9.78 Å². The van der Waals surface area contributed by atoms with Gasteiger partial charge in [0.1, 0.15) is 0 Å². The van der Waals surface area contributed by atoms with Crippen molar-refractivity contribution in [2.45, 2.75) is 64.5 Å². The fourth-order valence-electron chi connectivity index (χ4n) is 3.09. The number of likely N-dealkylation sites (tertiary alicyclic amines) is 1. The molecule has 7 nitrogen and oxygen atoms in total. The molecule has 1 amide bonds. The second-order valence-corrected chi connectivity index (χ2v) is 7.50. The molecule has 1 unspecified atom stereocenters. The smallest absolute Gasteiger partial charge is 0.292 e. The largest absolute Gasteiger partial charge is 0.346 e. The summed E-state index contributed by atoms with van der Waals surface area (Å²) in [4.78, 5) is 18.6. The molecular formula is C17H25N5O2. The van der Waals surface area contributed by atoms with Crippen molar-refractivity contribution in [2.24, 2.45) is 5.41 Å². The zero-order chi connectivity index (χ0) is 17.2. The average molecular weight is 331 g/mol. The molecule has 1 aromatic rings. The van der Waals surface area contributed by atoms with Gasteiger partial charge in [0.2, 0.25) is 5.89 Å². The molecule has 0 bridgehead atoms. The number of carbonyl (C=O) groups is 1. The van der Waals surface area contributed by atoms with Crippen molar-refractivity contribution in [2.75, 3.05) is 13.1 Å². The van der Waals surface area contributed by atoms with E-state index in [-0.39, 0.29) is 29.2 Å². The van der Waals surface area contributed by atoms with E-state index in [0.717, 1.165) is 51.6 Å². The van der Waals surface area contributed by atoms with Crippen LogP contribution in [0.3, 0.4) is 0 Å². The molecule has 1 saturated carbocycles. The van der Waals surface area contributed by atoms with Crippen LogP contribution in [0, 0.1) is 16.7 Å².